The monoisotopic (exact) mass is 223 g/mol. The molecule has 73 valence electrons. The summed E-state index contributed by atoms with van der Waals surface area (Å²) in [5, 5.41) is 0. The molecule has 0 aliphatic rings. The Morgan fingerprint density at radius 2 is 1.36 bits per heavy atom. The van der Waals surface area contributed by atoms with Gasteiger partial charge in [-0.3, -0.25) is 0 Å². The Morgan fingerprint density at radius 3 is 1.64 bits per heavy atom. The molecule has 3 nitrogen and oxygen atoms in total. The third-order valence-corrected chi connectivity index (χ3v) is 2.13. The molecular formula is C9H12NaO3S. The zero-order valence-electron chi connectivity index (χ0n) is 8.83. The van der Waals surface area contributed by atoms with Gasteiger partial charge >= 0.3 is 0 Å². The van der Waals surface area contributed by atoms with E-state index < -0.39 is 0 Å². The van der Waals surface area contributed by atoms with E-state index in [-0.39, 0.29) is 29.6 Å². The first kappa shape index (κ1) is 14.0. The summed E-state index contributed by atoms with van der Waals surface area (Å²) < 4.78 is 15.2. The molecule has 0 aliphatic carbocycles. The largest absolute Gasteiger partial charge is 0.496 e. The van der Waals surface area contributed by atoms with E-state index in [2.05, 4.69) is 12.6 Å². The smallest absolute Gasteiger partial charge is 0.139 e. The molecule has 1 radical (unpaired) electrons. The van der Waals surface area contributed by atoms with Crippen LogP contribution in [0.5, 0.6) is 17.2 Å². The molecular weight excluding hydrogens is 211 g/mol. The second-order valence-electron chi connectivity index (χ2n) is 2.38. The first-order chi connectivity index (χ1) is 6.22. The Bertz CT molecular complexity index is 279. The average Bonchev–Trinajstić information content (AvgIpc) is 2.18. The summed E-state index contributed by atoms with van der Waals surface area (Å²) >= 11 is 4.25. The van der Waals surface area contributed by atoms with Gasteiger partial charge in [-0.15, -0.1) is 12.6 Å². The van der Waals surface area contributed by atoms with E-state index in [0.29, 0.717) is 22.1 Å². The van der Waals surface area contributed by atoms with Gasteiger partial charge in [0.05, 0.1) is 26.2 Å². The summed E-state index contributed by atoms with van der Waals surface area (Å²) in [6.07, 6.45) is 0. The molecule has 14 heavy (non-hydrogen) atoms. The van der Waals surface area contributed by atoms with Crippen LogP contribution < -0.4 is 14.2 Å². The van der Waals surface area contributed by atoms with Crippen LogP contribution in [0.2, 0.25) is 0 Å². The maximum atomic E-state index is 5.09. The van der Waals surface area contributed by atoms with Crippen molar-refractivity contribution in [2.24, 2.45) is 0 Å². The van der Waals surface area contributed by atoms with Crippen molar-refractivity contribution in [3.63, 3.8) is 0 Å². The van der Waals surface area contributed by atoms with Gasteiger partial charge in [-0.25, -0.2) is 0 Å². The molecule has 0 unspecified atom stereocenters. The Kier molecular flexibility index (Phi) is 6.44. The van der Waals surface area contributed by atoms with Crippen LogP contribution in [0, 0.1) is 0 Å². The van der Waals surface area contributed by atoms with Crippen molar-refractivity contribution < 1.29 is 14.2 Å². The van der Waals surface area contributed by atoms with E-state index in [1.54, 1.807) is 33.5 Å². The summed E-state index contributed by atoms with van der Waals surface area (Å²) in [6, 6.07) is 3.51. The molecule has 0 N–H and O–H groups in total. The minimum Gasteiger partial charge on any atom is -0.496 e. The molecule has 0 amide bonds. The fourth-order valence-electron chi connectivity index (χ4n) is 0.987. The molecule has 1 rings (SSSR count). The summed E-state index contributed by atoms with van der Waals surface area (Å²) in [7, 11) is 4.74. The first-order valence-electron chi connectivity index (χ1n) is 3.72. The third-order valence-electron chi connectivity index (χ3n) is 1.69. The van der Waals surface area contributed by atoms with Gasteiger partial charge in [0.25, 0.3) is 0 Å². The van der Waals surface area contributed by atoms with Crippen LogP contribution in [0.15, 0.2) is 17.0 Å². The zero-order valence-corrected chi connectivity index (χ0v) is 11.7. The maximum absolute atomic E-state index is 5.09. The predicted molar refractivity (Wildman–Crippen MR) is 59.1 cm³/mol. The van der Waals surface area contributed by atoms with Crippen LogP contribution in [0.3, 0.4) is 0 Å². The van der Waals surface area contributed by atoms with E-state index in [1.165, 1.54) is 0 Å². The summed E-state index contributed by atoms with van der Waals surface area (Å²) in [4.78, 5) is 0.672. The molecule has 0 saturated heterocycles. The second kappa shape index (κ2) is 6.45. The standard InChI is InChI=1S/C9H12O3S.Na/c1-10-6-4-7(11-2)9(13)8(5-6)12-3;/h4-5,13H,1-3H3;. The Labute approximate surface area is 111 Å². The van der Waals surface area contributed by atoms with Gasteiger partial charge in [0.1, 0.15) is 17.2 Å². The molecule has 0 bridgehead atoms. The van der Waals surface area contributed by atoms with Crippen molar-refractivity contribution in [3.05, 3.63) is 12.1 Å². The quantitative estimate of drug-likeness (QED) is 0.623. The molecule has 0 aliphatic heterocycles. The molecule has 0 saturated carbocycles. The molecule has 1 aromatic rings. The molecule has 0 fully saturated rings. The fourth-order valence-corrected chi connectivity index (χ4v) is 1.30. The Morgan fingerprint density at radius 1 is 0.929 bits per heavy atom. The molecule has 5 heteroatoms. The SMILES string of the molecule is COc1cc(OC)c(S)c(OC)c1.[Na]. The van der Waals surface area contributed by atoms with Gasteiger partial charge in [0, 0.05) is 41.7 Å². The van der Waals surface area contributed by atoms with Crippen LogP contribution in [-0.4, -0.2) is 50.9 Å². The number of rotatable bonds is 3. The van der Waals surface area contributed by atoms with Gasteiger partial charge in [-0.1, -0.05) is 0 Å². The van der Waals surface area contributed by atoms with Crippen LogP contribution in [0.25, 0.3) is 0 Å². The Balaban J connectivity index is 0.00000169. The van der Waals surface area contributed by atoms with Crippen molar-refractivity contribution in [2.45, 2.75) is 4.90 Å². The van der Waals surface area contributed by atoms with Gasteiger partial charge in [-0.2, -0.15) is 0 Å². The minimum atomic E-state index is 0. The van der Waals surface area contributed by atoms with Gasteiger partial charge in [0.15, 0.2) is 0 Å². The van der Waals surface area contributed by atoms with E-state index in [9.17, 15) is 0 Å². The fraction of sp³-hybridized carbons (Fsp3) is 0.333. The molecule has 0 spiro atoms. The van der Waals surface area contributed by atoms with Crippen molar-refractivity contribution in [1.82, 2.24) is 0 Å². The molecule has 0 aromatic heterocycles. The summed E-state index contributed by atoms with van der Waals surface area (Å²) in [5.74, 6) is 1.96. The molecule has 0 heterocycles. The number of hydrogen-bond donors (Lipinski definition) is 1. The van der Waals surface area contributed by atoms with E-state index in [1.807, 2.05) is 0 Å². The number of ether oxygens (including phenoxy) is 3. The minimum absolute atomic E-state index is 0. The number of methoxy groups -OCH3 is 3. The van der Waals surface area contributed by atoms with Crippen LogP contribution in [-0.2, 0) is 0 Å². The number of thiol groups is 1. The third kappa shape index (κ3) is 2.98. The van der Waals surface area contributed by atoms with Gasteiger partial charge in [0.2, 0.25) is 0 Å². The van der Waals surface area contributed by atoms with Crippen LogP contribution in [0.1, 0.15) is 0 Å². The normalized spacial score (nSPS) is 8.86. The maximum Gasteiger partial charge on any atom is 0.139 e. The van der Waals surface area contributed by atoms with Crippen molar-refractivity contribution in [3.8, 4) is 17.2 Å². The van der Waals surface area contributed by atoms with Crippen molar-refractivity contribution in [1.29, 1.82) is 0 Å². The first-order valence-corrected chi connectivity index (χ1v) is 4.16. The van der Waals surface area contributed by atoms with Gasteiger partial charge < -0.3 is 14.2 Å². The van der Waals surface area contributed by atoms with Crippen molar-refractivity contribution >= 4 is 42.2 Å². The zero-order chi connectivity index (χ0) is 9.84. The topological polar surface area (TPSA) is 27.7 Å². The van der Waals surface area contributed by atoms with Gasteiger partial charge in [-0.05, 0) is 0 Å². The molecule has 1 aromatic carbocycles. The Hall–Kier alpha value is -0.0300. The average molecular weight is 223 g/mol. The van der Waals surface area contributed by atoms with E-state index in [4.69, 9.17) is 14.2 Å². The summed E-state index contributed by atoms with van der Waals surface area (Å²) in [5.41, 5.74) is 0. The predicted octanol–water partition coefficient (Wildman–Crippen LogP) is 1.62. The second-order valence-corrected chi connectivity index (χ2v) is 2.83. The van der Waals surface area contributed by atoms with Crippen LogP contribution in [0.4, 0.5) is 0 Å². The summed E-state index contributed by atoms with van der Waals surface area (Å²) in [6.45, 7) is 0. The van der Waals surface area contributed by atoms with E-state index in [0.717, 1.165) is 0 Å². The molecule has 0 atom stereocenters. The van der Waals surface area contributed by atoms with Crippen LogP contribution >= 0.6 is 12.6 Å². The van der Waals surface area contributed by atoms with Crippen molar-refractivity contribution in [2.75, 3.05) is 21.3 Å². The number of benzene rings is 1. The number of hydrogen-bond acceptors (Lipinski definition) is 4. The van der Waals surface area contributed by atoms with E-state index >= 15 is 0 Å².